The highest BCUT2D eigenvalue weighted by Gasteiger charge is 2.04. The van der Waals surface area contributed by atoms with E-state index >= 15 is 0 Å². The van der Waals surface area contributed by atoms with Crippen molar-refractivity contribution in [2.45, 2.75) is 26.7 Å². The molecule has 1 heteroatoms. The summed E-state index contributed by atoms with van der Waals surface area (Å²) in [5.74, 6) is -0.0875. The molecule has 0 N–H and O–H groups in total. The van der Waals surface area contributed by atoms with E-state index in [-0.39, 0.29) is 5.82 Å². The highest BCUT2D eigenvalue weighted by Crippen LogP contribution is 2.22. The SMILES string of the molecule is CCCc1ccc2c(F)c(C)ccc2c1. The summed E-state index contributed by atoms with van der Waals surface area (Å²) in [6.07, 6.45) is 2.19. The fourth-order valence-corrected chi connectivity index (χ4v) is 1.89. The molecular weight excluding hydrogens is 187 g/mol. The van der Waals surface area contributed by atoms with Crippen molar-refractivity contribution in [1.82, 2.24) is 0 Å². The van der Waals surface area contributed by atoms with Crippen molar-refractivity contribution < 1.29 is 4.39 Å². The van der Waals surface area contributed by atoms with Crippen LogP contribution >= 0.6 is 0 Å². The van der Waals surface area contributed by atoms with Gasteiger partial charge in [-0.1, -0.05) is 43.7 Å². The topological polar surface area (TPSA) is 0 Å². The van der Waals surface area contributed by atoms with Crippen LogP contribution in [0, 0.1) is 12.7 Å². The van der Waals surface area contributed by atoms with E-state index in [0.717, 1.165) is 23.6 Å². The molecule has 2 rings (SSSR count). The smallest absolute Gasteiger partial charge is 0.133 e. The van der Waals surface area contributed by atoms with Crippen molar-refractivity contribution in [1.29, 1.82) is 0 Å². The molecule has 0 aliphatic rings. The van der Waals surface area contributed by atoms with E-state index < -0.39 is 0 Å². The molecule has 0 amide bonds. The molecule has 78 valence electrons. The number of hydrogen-bond acceptors (Lipinski definition) is 0. The van der Waals surface area contributed by atoms with Gasteiger partial charge in [0, 0.05) is 5.39 Å². The van der Waals surface area contributed by atoms with Gasteiger partial charge in [-0.2, -0.15) is 0 Å². The highest BCUT2D eigenvalue weighted by molar-refractivity contribution is 5.84. The number of benzene rings is 2. The summed E-state index contributed by atoms with van der Waals surface area (Å²) < 4.78 is 13.7. The minimum absolute atomic E-state index is 0.0875. The maximum atomic E-state index is 13.7. The summed E-state index contributed by atoms with van der Waals surface area (Å²) >= 11 is 0. The third-order valence-corrected chi connectivity index (χ3v) is 2.75. The van der Waals surface area contributed by atoms with E-state index in [2.05, 4.69) is 13.0 Å². The van der Waals surface area contributed by atoms with Crippen molar-refractivity contribution in [3.8, 4) is 0 Å². The Kier molecular flexibility index (Phi) is 2.72. The summed E-state index contributed by atoms with van der Waals surface area (Å²) in [7, 11) is 0. The second kappa shape index (κ2) is 4.01. The van der Waals surface area contributed by atoms with E-state index in [1.165, 1.54) is 5.56 Å². The predicted octanol–water partition coefficient (Wildman–Crippen LogP) is 4.24. The lowest BCUT2D eigenvalue weighted by atomic mass is 10.0. The van der Waals surface area contributed by atoms with Crippen LogP contribution in [-0.4, -0.2) is 0 Å². The molecule has 0 aliphatic heterocycles. The Morgan fingerprint density at radius 2 is 1.93 bits per heavy atom. The lowest BCUT2D eigenvalue weighted by Gasteiger charge is -2.05. The van der Waals surface area contributed by atoms with Gasteiger partial charge < -0.3 is 0 Å². The number of rotatable bonds is 2. The third kappa shape index (κ3) is 1.87. The molecule has 0 unspecified atom stereocenters. The van der Waals surface area contributed by atoms with Crippen molar-refractivity contribution in [2.24, 2.45) is 0 Å². The first kappa shape index (κ1) is 10.2. The summed E-state index contributed by atoms with van der Waals surface area (Å²) in [4.78, 5) is 0. The van der Waals surface area contributed by atoms with Gasteiger partial charge in [0.25, 0.3) is 0 Å². The largest absolute Gasteiger partial charge is 0.206 e. The van der Waals surface area contributed by atoms with Crippen LogP contribution in [0.1, 0.15) is 24.5 Å². The van der Waals surface area contributed by atoms with E-state index in [1.807, 2.05) is 24.3 Å². The molecule has 0 aromatic heterocycles. The van der Waals surface area contributed by atoms with Gasteiger partial charge in [0.2, 0.25) is 0 Å². The van der Waals surface area contributed by atoms with Gasteiger partial charge in [0.15, 0.2) is 0 Å². The minimum atomic E-state index is -0.0875. The first-order chi connectivity index (χ1) is 7.22. The average molecular weight is 202 g/mol. The van der Waals surface area contributed by atoms with Crippen LogP contribution in [0.2, 0.25) is 0 Å². The predicted molar refractivity (Wildman–Crippen MR) is 62.6 cm³/mol. The Balaban J connectivity index is 2.59. The maximum absolute atomic E-state index is 13.7. The molecule has 0 bridgehead atoms. The molecule has 0 saturated heterocycles. The number of aryl methyl sites for hydroxylation is 2. The van der Waals surface area contributed by atoms with Gasteiger partial charge >= 0.3 is 0 Å². The molecule has 0 radical (unpaired) electrons. The zero-order valence-electron chi connectivity index (χ0n) is 9.18. The monoisotopic (exact) mass is 202 g/mol. The summed E-state index contributed by atoms with van der Waals surface area (Å²) in [5.41, 5.74) is 2.00. The van der Waals surface area contributed by atoms with Crippen molar-refractivity contribution in [2.75, 3.05) is 0 Å². The van der Waals surface area contributed by atoms with Gasteiger partial charge in [-0.3, -0.25) is 0 Å². The minimum Gasteiger partial charge on any atom is -0.206 e. The molecule has 0 nitrogen and oxygen atoms in total. The quantitative estimate of drug-likeness (QED) is 0.683. The van der Waals surface area contributed by atoms with E-state index in [0.29, 0.717) is 5.56 Å². The van der Waals surface area contributed by atoms with Crippen LogP contribution in [0.25, 0.3) is 10.8 Å². The van der Waals surface area contributed by atoms with E-state index in [9.17, 15) is 4.39 Å². The van der Waals surface area contributed by atoms with Gasteiger partial charge in [0.05, 0.1) is 0 Å². The lowest BCUT2D eigenvalue weighted by molar-refractivity contribution is 0.630. The highest BCUT2D eigenvalue weighted by atomic mass is 19.1. The maximum Gasteiger partial charge on any atom is 0.133 e. The molecule has 2 aromatic carbocycles. The molecule has 2 aromatic rings. The first-order valence-electron chi connectivity index (χ1n) is 5.40. The molecule has 0 spiro atoms. The average Bonchev–Trinajstić information content (AvgIpc) is 2.24. The molecule has 0 atom stereocenters. The third-order valence-electron chi connectivity index (χ3n) is 2.75. The van der Waals surface area contributed by atoms with Crippen LogP contribution in [0.15, 0.2) is 30.3 Å². The summed E-state index contributed by atoms with van der Waals surface area (Å²) in [6.45, 7) is 3.95. The second-order valence-corrected chi connectivity index (χ2v) is 4.00. The molecule has 15 heavy (non-hydrogen) atoms. The summed E-state index contributed by atoms with van der Waals surface area (Å²) in [5, 5.41) is 1.74. The van der Waals surface area contributed by atoms with E-state index in [4.69, 9.17) is 0 Å². The van der Waals surface area contributed by atoms with Crippen LogP contribution in [0.4, 0.5) is 4.39 Å². The Morgan fingerprint density at radius 3 is 2.67 bits per heavy atom. The second-order valence-electron chi connectivity index (χ2n) is 4.00. The Labute approximate surface area is 89.7 Å². The van der Waals surface area contributed by atoms with Gasteiger partial charge in [-0.15, -0.1) is 0 Å². The molecule has 0 fully saturated rings. The van der Waals surface area contributed by atoms with Gasteiger partial charge in [-0.05, 0) is 29.9 Å². The van der Waals surface area contributed by atoms with Crippen molar-refractivity contribution in [3.63, 3.8) is 0 Å². The Morgan fingerprint density at radius 1 is 1.13 bits per heavy atom. The zero-order chi connectivity index (χ0) is 10.8. The van der Waals surface area contributed by atoms with Crippen LogP contribution in [0.3, 0.4) is 0 Å². The van der Waals surface area contributed by atoms with Crippen molar-refractivity contribution >= 4 is 10.8 Å². The number of fused-ring (bicyclic) bond motifs is 1. The molecule has 0 heterocycles. The Bertz CT molecular complexity index is 486. The number of hydrogen-bond donors (Lipinski definition) is 0. The lowest BCUT2D eigenvalue weighted by Crippen LogP contribution is -1.88. The van der Waals surface area contributed by atoms with Gasteiger partial charge in [0.1, 0.15) is 5.82 Å². The van der Waals surface area contributed by atoms with Crippen LogP contribution in [-0.2, 0) is 6.42 Å². The molecule has 0 saturated carbocycles. The van der Waals surface area contributed by atoms with Gasteiger partial charge in [-0.25, -0.2) is 4.39 Å². The number of halogens is 1. The zero-order valence-corrected chi connectivity index (χ0v) is 9.18. The van der Waals surface area contributed by atoms with E-state index in [1.54, 1.807) is 6.92 Å². The van der Waals surface area contributed by atoms with Crippen LogP contribution < -0.4 is 0 Å². The van der Waals surface area contributed by atoms with Crippen LogP contribution in [0.5, 0.6) is 0 Å². The first-order valence-corrected chi connectivity index (χ1v) is 5.40. The normalized spacial score (nSPS) is 10.9. The Hall–Kier alpha value is -1.37. The molecule has 0 aliphatic carbocycles. The fourth-order valence-electron chi connectivity index (χ4n) is 1.89. The fraction of sp³-hybridized carbons (Fsp3) is 0.286. The standard InChI is InChI=1S/C14H15F/c1-3-4-11-6-8-13-12(9-11)7-5-10(2)14(13)15/h5-9H,3-4H2,1-2H3. The molecular formula is C14H15F. The van der Waals surface area contributed by atoms with Crippen molar-refractivity contribution in [3.05, 3.63) is 47.3 Å². The summed E-state index contributed by atoms with van der Waals surface area (Å²) in [6, 6.07) is 9.83.